The van der Waals surface area contributed by atoms with Crippen LogP contribution in [0, 0.1) is 0 Å². The van der Waals surface area contributed by atoms with E-state index in [9.17, 15) is 9.59 Å². The standard InChI is InChI=1S/C13H14N2O4/c1-19-11-5-3-2-4-9(11)6-7-15-10(12(16)17)8-14-13(15)18/h2-5,8H,6-7H2,1H3,(H,14,18)(H,16,17). The number of aromatic amines is 1. The van der Waals surface area contributed by atoms with Crippen molar-refractivity contribution in [2.24, 2.45) is 0 Å². The summed E-state index contributed by atoms with van der Waals surface area (Å²) in [5, 5.41) is 8.97. The van der Waals surface area contributed by atoms with E-state index in [1.54, 1.807) is 7.11 Å². The minimum atomic E-state index is -1.13. The number of methoxy groups -OCH3 is 1. The molecule has 0 saturated carbocycles. The normalized spacial score (nSPS) is 10.4. The Labute approximate surface area is 109 Å². The molecule has 19 heavy (non-hydrogen) atoms. The number of hydrogen-bond donors (Lipinski definition) is 2. The molecule has 2 aromatic rings. The van der Waals surface area contributed by atoms with Crippen LogP contribution in [0.25, 0.3) is 0 Å². The number of carbonyl (C=O) groups is 1. The molecule has 2 N–H and O–H groups in total. The average molecular weight is 262 g/mol. The summed E-state index contributed by atoms with van der Waals surface area (Å²) in [4.78, 5) is 24.9. The predicted molar refractivity (Wildman–Crippen MR) is 68.7 cm³/mol. The summed E-state index contributed by atoms with van der Waals surface area (Å²) in [6.07, 6.45) is 1.72. The van der Waals surface area contributed by atoms with E-state index in [0.29, 0.717) is 6.42 Å². The lowest BCUT2D eigenvalue weighted by Gasteiger charge is -2.08. The molecule has 0 bridgehead atoms. The number of ether oxygens (including phenoxy) is 1. The summed E-state index contributed by atoms with van der Waals surface area (Å²) in [6, 6.07) is 7.44. The van der Waals surface area contributed by atoms with Crippen molar-refractivity contribution >= 4 is 5.97 Å². The summed E-state index contributed by atoms with van der Waals surface area (Å²) >= 11 is 0. The summed E-state index contributed by atoms with van der Waals surface area (Å²) in [6.45, 7) is 0.282. The quantitative estimate of drug-likeness (QED) is 0.845. The van der Waals surface area contributed by atoms with Gasteiger partial charge in [0.05, 0.1) is 7.11 Å². The molecule has 0 spiro atoms. The second-order valence-electron chi connectivity index (χ2n) is 4.00. The number of hydrogen-bond acceptors (Lipinski definition) is 3. The number of carboxylic acids is 1. The van der Waals surface area contributed by atoms with Crippen LogP contribution < -0.4 is 10.4 Å². The maximum atomic E-state index is 11.5. The van der Waals surface area contributed by atoms with Gasteiger partial charge in [0.25, 0.3) is 0 Å². The van der Waals surface area contributed by atoms with Crippen molar-refractivity contribution in [2.75, 3.05) is 7.11 Å². The lowest BCUT2D eigenvalue weighted by Crippen LogP contribution is -2.22. The Bertz CT molecular complexity index is 642. The van der Waals surface area contributed by atoms with Gasteiger partial charge < -0.3 is 14.8 Å². The van der Waals surface area contributed by atoms with Gasteiger partial charge in [0, 0.05) is 12.7 Å². The minimum absolute atomic E-state index is 0.0418. The van der Waals surface area contributed by atoms with Crippen LogP contribution in [-0.2, 0) is 13.0 Å². The van der Waals surface area contributed by atoms with Gasteiger partial charge in [-0.15, -0.1) is 0 Å². The number of imidazole rings is 1. The topological polar surface area (TPSA) is 84.3 Å². The van der Waals surface area contributed by atoms with Crippen molar-refractivity contribution in [3.05, 3.63) is 52.2 Å². The molecule has 0 amide bonds. The lowest BCUT2D eigenvalue weighted by molar-refractivity contribution is 0.0684. The average Bonchev–Trinajstić information content (AvgIpc) is 2.78. The summed E-state index contributed by atoms with van der Waals surface area (Å²) in [5.74, 6) is -0.402. The van der Waals surface area contributed by atoms with Gasteiger partial charge in [-0.1, -0.05) is 18.2 Å². The largest absolute Gasteiger partial charge is 0.496 e. The fraction of sp³-hybridized carbons (Fsp3) is 0.231. The van der Waals surface area contributed by atoms with E-state index in [0.717, 1.165) is 11.3 Å². The molecule has 0 aliphatic carbocycles. The number of nitrogens with zero attached hydrogens (tertiary/aromatic N) is 1. The Balaban J connectivity index is 2.21. The highest BCUT2D eigenvalue weighted by atomic mass is 16.5. The van der Waals surface area contributed by atoms with Crippen LogP contribution in [0.4, 0.5) is 0 Å². The summed E-state index contributed by atoms with van der Waals surface area (Å²) in [7, 11) is 1.57. The molecule has 1 aromatic carbocycles. The first-order chi connectivity index (χ1) is 9.13. The molecule has 1 aromatic heterocycles. The predicted octanol–water partition coefficient (Wildman–Crippen LogP) is 1.13. The van der Waals surface area contributed by atoms with Crippen LogP contribution in [0.15, 0.2) is 35.3 Å². The van der Waals surface area contributed by atoms with Gasteiger partial charge in [0.1, 0.15) is 11.4 Å². The first-order valence-electron chi connectivity index (χ1n) is 5.77. The highest BCUT2D eigenvalue weighted by molar-refractivity contribution is 5.85. The van der Waals surface area contributed by atoms with Crippen molar-refractivity contribution in [1.29, 1.82) is 0 Å². The molecule has 0 fully saturated rings. The van der Waals surface area contributed by atoms with E-state index in [4.69, 9.17) is 9.84 Å². The maximum absolute atomic E-state index is 11.5. The number of benzene rings is 1. The third-order valence-corrected chi connectivity index (χ3v) is 2.88. The molecule has 1 heterocycles. The smallest absolute Gasteiger partial charge is 0.354 e. The molecule has 2 rings (SSSR count). The van der Waals surface area contributed by atoms with Crippen molar-refractivity contribution in [3.63, 3.8) is 0 Å². The first-order valence-corrected chi connectivity index (χ1v) is 5.77. The van der Waals surface area contributed by atoms with Crippen LogP contribution in [0.5, 0.6) is 5.75 Å². The highest BCUT2D eigenvalue weighted by Crippen LogP contribution is 2.18. The Kier molecular flexibility index (Phi) is 3.70. The van der Waals surface area contributed by atoms with Crippen molar-refractivity contribution in [3.8, 4) is 5.75 Å². The molecule has 6 heteroatoms. The van der Waals surface area contributed by atoms with Gasteiger partial charge >= 0.3 is 11.7 Å². The second kappa shape index (κ2) is 5.43. The van der Waals surface area contributed by atoms with Crippen LogP contribution in [0.1, 0.15) is 16.1 Å². The van der Waals surface area contributed by atoms with Crippen LogP contribution >= 0.6 is 0 Å². The van der Waals surface area contributed by atoms with Crippen LogP contribution in [0.3, 0.4) is 0 Å². The zero-order chi connectivity index (χ0) is 13.8. The Morgan fingerprint density at radius 3 is 2.84 bits per heavy atom. The molecule has 0 aliphatic heterocycles. The van der Waals surface area contributed by atoms with E-state index < -0.39 is 11.7 Å². The Hall–Kier alpha value is -2.50. The zero-order valence-corrected chi connectivity index (χ0v) is 10.4. The van der Waals surface area contributed by atoms with Gasteiger partial charge in [-0.2, -0.15) is 0 Å². The van der Waals surface area contributed by atoms with Gasteiger partial charge in [-0.25, -0.2) is 9.59 Å². The fourth-order valence-electron chi connectivity index (χ4n) is 1.94. The van der Waals surface area contributed by atoms with Gasteiger partial charge in [0.2, 0.25) is 0 Å². The molecule has 0 radical (unpaired) electrons. The van der Waals surface area contributed by atoms with Gasteiger partial charge in [-0.05, 0) is 18.1 Å². The number of aryl methyl sites for hydroxylation is 1. The van der Waals surface area contributed by atoms with E-state index in [2.05, 4.69) is 4.98 Å². The molecule has 0 atom stereocenters. The molecular formula is C13H14N2O4. The number of carboxylic acid groups (broad SMARTS) is 1. The number of nitrogens with one attached hydrogen (secondary N) is 1. The maximum Gasteiger partial charge on any atom is 0.354 e. The van der Waals surface area contributed by atoms with Crippen molar-refractivity contribution in [1.82, 2.24) is 9.55 Å². The van der Waals surface area contributed by atoms with Crippen LogP contribution in [0.2, 0.25) is 0 Å². The van der Waals surface area contributed by atoms with E-state index in [1.807, 2.05) is 24.3 Å². The minimum Gasteiger partial charge on any atom is -0.496 e. The number of para-hydroxylation sites is 1. The monoisotopic (exact) mass is 262 g/mol. The molecule has 6 nitrogen and oxygen atoms in total. The van der Waals surface area contributed by atoms with Gasteiger partial charge in [-0.3, -0.25) is 4.57 Å². The highest BCUT2D eigenvalue weighted by Gasteiger charge is 2.13. The molecule has 0 aliphatic rings. The Morgan fingerprint density at radius 1 is 1.42 bits per heavy atom. The lowest BCUT2D eigenvalue weighted by atomic mass is 10.1. The molecule has 0 saturated heterocycles. The summed E-state index contributed by atoms with van der Waals surface area (Å²) in [5.41, 5.74) is 0.460. The Morgan fingerprint density at radius 2 is 2.16 bits per heavy atom. The second-order valence-corrected chi connectivity index (χ2v) is 4.00. The third kappa shape index (κ3) is 2.67. The van der Waals surface area contributed by atoms with Crippen molar-refractivity contribution in [2.45, 2.75) is 13.0 Å². The zero-order valence-electron chi connectivity index (χ0n) is 10.4. The van der Waals surface area contributed by atoms with E-state index >= 15 is 0 Å². The SMILES string of the molecule is COc1ccccc1CCn1c(C(=O)O)c[nH]c1=O. The van der Waals surface area contributed by atoms with E-state index in [1.165, 1.54) is 10.8 Å². The number of aromatic nitrogens is 2. The first kappa shape index (κ1) is 12.9. The molecular weight excluding hydrogens is 248 g/mol. The number of rotatable bonds is 5. The number of H-pyrrole nitrogens is 1. The molecule has 100 valence electrons. The number of aromatic carboxylic acids is 1. The van der Waals surface area contributed by atoms with Crippen LogP contribution in [-0.4, -0.2) is 27.7 Å². The summed E-state index contributed by atoms with van der Waals surface area (Å²) < 4.78 is 6.41. The van der Waals surface area contributed by atoms with Gasteiger partial charge in [0.15, 0.2) is 0 Å². The van der Waals surface area contributed by atoms with Crippen molar-refractivity contribution < 1.29 is 14.6 Å². The fourth-order valence-corrected chi connectivity index (χ4v) is 1.94. The third-order valence-electron chi connectivity index (χ3n) is 2.88. The molecule has 0 unspecified atom stereocenters. The van der Waals surface area contributed by atoms with E-state index in [-0.39, 0.29) is 12.2 Å².